The van der Waals surface area contributed by atoms with Gasteiger partial charge in [-0.15, -0.1) is 0 Å². The fourth-order valence-corrected chi connectivity index (χ4v) is 6.12. The maximum absolute atomic E-state index is 12.5. The predicted molar refractivity (Wildman–Crippen MR) is 170 cm³/mol. The molecular formula is C37H36O2S. The van der Waals surface area contributed by atoms with E-state index in [0.717, 1.165) is 45.4 Å². The number of carboxylic acid groups (broad SMARTS) is 1. The summed E-state index contributed by atoms with van der Waals surface area (Å²) in [6.45, 7) is 2.26. The van der Waals surface area contributed by atoms with E-state index < -0.39 is 5.97 Å². The number of hydrogen-bond acceptors (Lipinski definition) is 2. The highest BCUT2D eigenvalue weighted by Gasteiger charge is 2.19. The Morgan fingerprint density at radius 2 is 1.30 bits per heavy atom. The molecule has 5 rings (SSSR count). The van der Waals surface area contributed by atoms with Crippen molar-refractivity contribution in [1.29, 1.82) is 0 Å². The summed E-state index contributed by atoms with van der Waals surface area (Å²) in [5.41, 5.74) is 9.56. The largest absolute Gasteiger partial charge is 0.478 e. The van der Waals surface area contributed by atoms with E-state index >= 15 is 0 Å². The Hall–Kier alpha value is -3.95. The zero-order valence-electron chi connectivity index (χ0n) is 23.1. The molecule has 2 nitrogen and oxygen atoms in total. The molecule has 0 atom stereocenters. The first-order chi connectivity index (χ1) is 19.7. The van der Waals surface area contributed by atoms with Gasteiger partial charge in [-0.25, -0.2) is 4.79 Å². The van der Waals surface area contributed by atoms with Gasteiger partial charge in [-0.1, -0.05) is 124 Å². The Kier molecular flexibility index (Phi) is 9.26. The monoisotopic (exact) mass is 544 g/mol. The SMILES string of the molecule is CCCCCCCCc1ccc(-c2ccc(-c3cccc(-c4ccsc4)c3C(=O)O)cc2-c2ccccc2)cc1. The highest BCUT2D eigenvalue weighted by Crippen LogP contribution is 2.39. The quantitative estimate of drug-likeness (QED) is 0.159. The normalized spacial score (nSPS) is 11.0. The first-order valence-corrected chi connectivity index (χ1v) is 15.3. The van der Waals surface area contributed by atoms with Crippen molar-refractivity contribution in [3.05, 3.63) is 119 Å². The molecule has 0 spiro atoms. The second-order valence-corrected chi connectivity index (χ2v) is 11.2. The summed E-state index contributed by atoms with van der Waals surface area (Å²) in [6.07, 6.45) is 8.97. The van der Waals surface area contributed by atoms with Gasteiger partial charge in [0.2, 0.25) is 0 Å². The molecule has 0 radical (unpaired) electrons. The van der Waals surface area contributed by atoms with Gasteiger partial charge in [-0.2, -0.15) is 11.3 Å². The average Bonchev–Trinajstić information content (AvgIpc) is 3.54. The lowest BCUT2D eigenvalue weighted by Crippen LogP contribution is -2.02. The minimum atomic E-state index is -0.914. The van der Waals surface area contributed by atoms with E-state index in [-0.39, 0.29) is 0 Å². The molecule has 40 heavy (non-hydrogen) atoms. The molecule has 0 aliphatic heterocycles. The van der Waals surface area contributed by atoms with Crippen molar-refractivity contribution in [2.24, 2.45) is 0 Å². The van der Waals surface area contributed by atoms with E-state index in [1.165, 1.54) is 49.7 Å². The Labute approximate surface area is 242 Å². The fourth-order valence-electron chi connectivity index (χ4n) is 5.46. The standard InChI is InChI=1S/C37H36O2S/c1-2-3-4-5-6-8-12-27-17-19-29(20-18-27)32-22-21-30(25-35(32)28-13-9-7-10-14-28)33-15-11-16-34(36(33)37(38)39)31-23-24-40-26-31/h7,9-11,13-26H,2-6,8,12H2,1H3,(H,38,39). The van der Waals surface area contributed by atoms with Crippen LogP contribution in [0.15, 0.2) is 108 Å². The fraction of sp³-hybridized carbons (Fsp3) is 0.216. The van der Waals surface area contributed by atoms with Gasteiger partial charge in [0.25, 0.3) is 0 Å². The van der Waals surface area contributed by atoms with Crippen molar-refractivity contribution >= 4 is 17.3 Å². The second kappa shape index (κ2) is 13.4. The summed E-state index contributed by atoms with van der Waals surface area (Å²) in [6, 6.07) is 33.4. The van der Waals surface area contributed by atoms with Gasteiger partial charge in [0.1, 0.15) is 0 Å². The molecule has 1 N–H and O–H groups in total. The lowest BCUT2D eigenvalue weighted by atomic mass is 9.88. The number of carboxylic acids is 1. The zero-order valence-corrected chi connectivity index (χ0v) is 23.9. The number of aromatic carboxylic acids is 1. The third-order valence-electron chi connectivity index (χ3n) is 7.61. The molecule has 0 aliphatic carbocycles. The number of thiophene rings is 1. The zero-order chi connectivity index (χ0) is 27.7. The summed E-state index contributed by atoms with van der Waals surface area (Å²) in [7, 11) is 0. The second-order valence-electron chi connectivity index (χ2n) is 10.4. The number of benzene rings is 4. The summed E-state index contributed by atoms with van der Waals surface area (Å²) in [5.74, 6) is -0.914. The highest BCUT2D eigenvalue weighted by atomic mass is 32.1. The Bertz CT molecular complexity index is 1530. The molecule has 0 saturated heterocycles. The van der Waals surface area contributed by atoms with Crippen LogP contribution in [-0.2, 0) is 6.42 Å². The maximum Gasteiger partial charge on any atom is 0.336 e. The van der Waals surface area contributed by atoms with Crippen molar-refractivity contribution in [3.63, 3.8) is 0 Å². The molecule has 0 saturated carbocycles. The summed E-state index contributed by atoms with van der Waals surface area (Å²) in [5, 5.41) is 14.3. The van der Waals surface area contributed by atoms with Crippen molar-refractivity contribution in [2.45, 2.75) is 51.9 Å². The maximum atomic E-state index is 12.5. The first kappa shape index (κ1) is 27.6. The summed E-state index contributed by atoms with van der Waals surface area (Å²) < 4.78 is 0. The van der Waals surface area contributed by atoms with E-state index in [1.807, 2.05) is 41.1 Å². The van der Waals surface area contributed by atoms with Crippen molar-refractivity contribution in [1.82, 2.24) is 0 Å². The van der Waals surface area contributed by atoms with Gasteiger partial charge in [0, 0.05) is 0 Å². The van der Waals surface area contributed by atoms with E-state index in [1.54, 1.807) is 11.3 Å². The van der Waals surface area contributed by atoms with Crippen LogP contribution in [0.5, 0.6) is 0 Å². The lowest BCUT2D eigenvalue weighted by molar-refractivity contribution is 0.0698. The number of carbonyl (C=O) groups is 1. The van der Waals surface area contributed by atoms with Gasteiger partial charge >= 0.3 is 5.97 Å². The van der Waals surface area contributed by atoms with Crippen LogP contribution in [0.3, 0.4) is 0 Å². The molecule has 0 amide bonds. The van der Waals surface area contributed by atoms with Crippen molar-refractivity contribution in [2.75, 3.05) is 0 Å². The van der Waals surface area contributed by atoms with Gasteiger partial charge in [0.05, 0.1) is 5.56 Å². The molecule has 0 aliphatic rings. The van der Waals surface area contributed by atoms with Crippen LogP contribution in [0.4, 0.5) is 0 Å². The Morgan fingerprint density at radius 1 is 0.625 bits per heavy atom. The molecule has 1 heterocycles. The molecule has 4 aromatic carbocycles. The average molecular weight is 545 g/mol. The van der Waals surface area contributed by atoms with Crippen LogP contribution in [0.1, 0.15) is 61.4 Å². The lowest BCUT2D eigenvalue weighted by Gasteiger charge is -2.16. The molecule has 3 heteroatoms. The third kappa shape index (κ3) is 6.43. The predicted octanol–water partition coefficient (Wildman–Crippen LogP) is 11.0. The van der Waals surface area contributed by atoms with E-state index in [4.69, 9.17) is 0 Å². The molecular weight excluding hydrogens is 508 g/mol. The molecule has 0 bridgehead atoms. The van der Waals surface area contributed by atoms with E-state index in [0.29, 0.717) is 5.56 Å². The smallest absolute Gasteiger partial charge is 0.336 e. The van der Waals surface area contributed by atoms with Crippen LogP contribution in [0.25, 0.3) is 44.5 Å². The van der Waals surface area contributed by atoms with E-state index in [2.05, 4.69) is 73.7 Å². The topological polar surface area (TPSA) is 37.3 Å². The Morgan fingerprint density at radius 3 is 2.00 bits per heavy atom. The van der Waals surface area contributed by atoms with Crippen molar-refractivity contribution in [3.8, 4) is 44.5 Å². The summed E-state index contributed by atoms with van der Waals surface area (Å²) >= 11 is 1.57. The van der Waals surface area contributed by atoms with Crippen LogP contribution in [0.2, 0.25) is 0 Å². The number of hydrogen-bond donors (Lipinski definition) is 1. The van der Waals surface area contributed by atoms with Crippen LogP contribution < -0.4 is 0 Å². The number of unbranched alkanes of at least 4 members (excludes halogenated alkanes) is 5. The molecule has 0 unspecified atom stereocenters. The van der Waals surface area contributed by atoms with Crippen LogP contribution >= 0.6 is 11.3 Å². The van der Waals surface area contributed by atoms with E-state index in [9.17, 15) is 9.90 Å². The minimum Gasteiger partial charge on any atom is -0.478 e. The van der Waals surface area contributed by atoms with Crippen LogP contribution in [0, 0.1) is 0 Å². The van der Waals surface area contributed by atoms with Gasteiger partial charge in [-0.05, 0) is 85.8 Å². The summed E-state index contributed by atoms with van der Waals surface area (Å²) in [4.78, 5) is 12.5. The first-order valence-electron chi connectivity index (χ1n) is 14.3. The molecule has 0 fully saturated rings. The molecule has 1 aromatic heterocycles. The highest BCUT2D eigenvalue weighted by molar-refractivity contribution is 7.08. The van der Waals surface area contributed by atoms with Gasteiger partial charge < -0.3 is 5.11 Å². The van der Waals surface area contributed by atoms with Crippen LogP contribution in [-0.4, -0.2) is 11.1 Å². The third-order valence-corrected chi connectivity index (χ3v) is 8.29. The molecule has 5 aromatic rings. The van der Waals surface area contributed by atoms with Gasteiger partial charge in [-0.3, -0.25) is 0 Å². The van der Waals surface area contributed by atoms with Crippen molar-refractivity contribution < 1.29 is 9.90 Å². The Balaban J connectivity index is 1.49. The number of aryl methyl sites for hydroxylation is 1. The number of rotatable bonds is 12. The minimum absolute atomic E-state index is 0.340. The molecule has 202 valence electrons. The van der Waals surface area contributed by atoms with Gasteiger partial charge in [0.15, 0.2) is 0 Å².